The third-order valence-electron chi connectivity index (χ3n) is 2.83. The zero-order chi connectivity index (χ0) is 13.1. The average molecular weight is 272 g/mol. The largest absolute Gasteiger partial charge is 0.507 e. The molecule has 0 radical (unpaired) electrons. The van der Waals surface area contributed by atoms with Gasteiger partial charge in [-0.15, -0.1) is 11.6 Å². The van der Waals surface area contributed by atoms with E-state index in [1.165, 1.54) is 23.1 Å². The van der Waals surface area contributed by atoms with Crippen molar-refractivity contribution in [2.24, 2.45) is 0 Å². The molecule has 98 valence electrons. The van der Waals surface area contributed by atoms with Crippen molar-refractivity contribution in [3.63, 3.8) is 0 Å². The van der Waals surface area contributed by atoms with E-state index < -0.39 is 5.91 Å². The maximum absolute atomic E-state index is 12.2. The molecule has 0 spiro atoms. The molecule has 0 aliphatic carbocycles. The summed E-state index contributed by atoms with van der Waals surface area (Å²) in [6.45, 7) is 1.17. The molecule has 2 N–H and O–H groups in total. The molecule has 1 heterocycles. The molecule has 2 rings (SSSR count). The van der Waals surface area contributed by atoms with Gasteiger partial charge in [-0.1, -0.05) is 6.07 Å². The lowest BCUT2D eigenvalue weighted by molar-refractivity contribution is -0.0110. The second-order valence-corrected chi connectivity index (χ2v) is 4.38. The number of morpholine rings is 1. The van der Waals surface area contributed by atoms with Crippen LogP contribution in [0.1, 0.15) is 10.4 Å². The third-order valence-corrected chi connectivity index (χ3v) is 3.18. The van der Waals surface area contributed by atoms with Crippen molar-refractivity contribution in [2.75, 3.05) is 25.6 Å². The average Bonchev–Trinajstić information content (AvgIpc) is 2.38. The highest BCUT2D eigenvalue weighted by molar-refractivity contribution is 6.18. The summed E-state index contributed by atoms with van der Waals surface area (Å²) in [6.07, 6.45) is -0.211. The number of halogens is 1. The number of carbonyl (C=O) groups is 1. The zero-order valence-corrected chi connectivity index (χ0v) is 10.4. The highest BCUT2D eigenvalue weighted by atomic mass is 35.5. The Morgan fingerprint density at radius 1 is 1.44 bits per heavy atom. The van der Waals surface area contributed by atoms with Gasteiger partial charge in [0.15, 0.2) is 0 Å². The van der Waals surface area contributed by atoms with Gasteiger partial charge in [0.1, 0.15) is 17.1 Å². The molecule has 5 nitrogen and oxygen atoms in total. The minimum atomic E-state index is -0.413. The van der Waals surface area contributed by atoms with Gasteiger partial charge in [-0.25, -0.2) is 0 Å². The van der Waals surface area contributed by atoms with Crippen LogP contribution in [0.2, 0.25) is 0 Å². The molecule has 1 fully saturated rings. The number of aromatic hydroxyl groups is 2. The minimum Gasteiger partial charge on any atom is -0.507 e. The minimum absolute atomic E-state index is 0.0762. The monoisotopic (exact) mass is 271 g/mol. The summed E-state index contributed by atoms with van der Waals surface area (Å²) in [5.41, 5.74) is -0.0762. The first-order valence-corrected chi connectivity index (χ1v) is 6.14. The Hall–Kier alpha value is -1.46. The number of nitrogens with zero attached hydrogens (tertiary/aromatic N) is 1. The van der Waals surface area contributed by atoms with E-state index in [1.807, 2.05) is 0 Å². The summed E-state index contributed by atoms with van der Waals surface area (Å²) < 4.78 is 5.35. The summed E-state index contributed by atoms with van der Waals surface area (Å²) in [4.78, 5) is 13.7. The number of carbonyl (C=O) groups excluding carboxylic acids is 1. The van der Waals surface area contributed by atoms with Gasteiger partial charge < -0.3 is 19.8 Å². The molecule has 1 aromatic carbocycles. The van der Waals surface area contributed by atoms with Crippen LogP contribution in [0.25, 0.3) is 0 Å². The van der Waals surface area contributed by atoms with E-state index in [4.69, 9.17) is 16.3 Å². The Bertz CT molecular complexity index is 431. The number of hydrogen-bond donors (Lipinski definition) is 2. The van der Waals surface area contributed by atoms with Gasteiger partial charge in [-0.3, -0.25) is 4.79 Å². The number of alkyl halides is 1. The molecule has 1 amide bonds. The van der Waals surface area contributed by atoms with Gasteiger partial charge in [0, 0.05) is 13.1 Å². The third kappa shape index (κ3) is 2.52. The molecule has 1 aliphatic rings. The standard InChI is InChI=1S/C12H14ClNO4/c13-6-8-7-14(4-5-18-8)12(17)11-9(15)2-1-3-10(11)16/h1-3,8,15-16H,4-7H2. The topological polar surface area (TPSA) is 70.0 Å². The van der Waals surface area contributed by atoms with Crippen molar-refractivity contribution >= 4 is 17.5 Å². The second-order valence-electron chi connectivity index (χ2n) is 4.07. The van der Waals surface area contributed by atoms with Crippen molar-refractivity contribution in [3.8, 4) is 11.5 Å². The number of benzene rings is 1. The van der Waals surface area contributed by atoms with E-state index in [9.17, 15) is 15.0 Å². The van der Waals surface area contributed by atoms with Crippen LogP contribution in [0.3, 0.4) is 0 Å². The van der Waals surface area contributed by atoms with Crippen LogP contribution in [0.4, 0.5) is 0 Å². The SMILES string of the molecule is O=C(c1c(O)cccc1O)N1CCOC(CCl)C1. The smallest absolute Gasteiger partial charge is 0.261 e. The lowest BCUT2D eigenvalue weighted by atomic mass is 10.1. The highest BCUT2D eigenvalue weighted by Gasteiger charge is 2.27. The summed E-state index contributed by atoms with van der Waals surface area (Å²) in [7, 11) is 0. The number of hydrogen-bond acceptors (Lipinski definition) is 4. The Labute approximate surface area is 110 Å². The molecule has 1 atom stereocenters. The number of amides is 1. The van der Waals surface area contributed by atoms with Gasteiger partial charge in [-0.05, 0) is 12.1 Å². The van der Waals surface area contributed by atoms with Gasteiger partial charge in [0.05, 0.1) is 18.6 Å². The van der Waals surface area contributed by atoms with E-state index in [0.29, 0.717) is 25.6 Å². The molecule has 1 aromatic rings. The molecule has 1 saturated heterocycles. The van der Waals surface area contributed by atoms with Crippen LogP contribution in [0.15, 0.2) is 18.2 Å². The summed E-state index contributed by atoms with van der Waals surface area (Å²) in [5, 5.41) is 19.3. The highest BCUT2D eigenvalue weighted by Crippen LogP contribution is 2.28. The predicted molar refractivity (Wildman–Crippen MR) is 66.1 cm³/mol. The van der Waals surface area contributed by atoms with Crippen molar-refractivity contribution in [1.29, 1.82) is 0 Å². The van der Waals surface area contributed by atoms with Gasteiger partial charge in [-0.2, -0.15) is 0 Å². The second kappa shape index (κ2) is 5.46. The summed E-state index contributed by atoms with van der Waals surface area (Å²) in [5.74, 6) is -0.567. The van der Waals surface area contributed by atoms with Crippen LogP contribution in [-0.2, 0) is 4.74 Å². The summed E-state index contributed by atoms with van der Waals surface area (Å²) >= 11 is 5.70. The molecule has 0 saturated carbocycles. The quantitative estimate of drug-likeness (QED) is 0.793. The number of ether oxygens (including phenoxy) is 1. The molecule has 1 aliphatic heterocycles. The molecule has 18 heavy (non-hydrogen) atoms. The van der Waals surface area contributed by atoms with E-state index >= 15 is 0 Å². The summed E-state index contributed by atoms with van der Waals surface area (Å²) in [6, 6.07) is 4.21. The van der Waals surface area contributed by atoms with Crippen LogP contribution < -0.4 is 0 Å². The first-order valence-electron chi connectivity index (χ1n) is 5.61. The van der Waals surface area contributed by atoms with Crippen LogP contribution in [0, 0.1) is 0 Å². The molecule has 6 heteroatoms. The van der Waals surface area contributed by atoms with Gasteiger partial charge >= 0.3 is 0 Å². The molecule has 1 unspecified atom stereocenters. The van der Waals surface area contributed by atoms with E-state index in [2.05, 4.69) is 0 Å². The van der Waals surface area contributed by atoms with Crippen molar-refractivity contribution in [1.82, 2.24) is 4.90 Å². The number of rotatable bonds is 2. The van der Waals surface area contributed by atoms with E-state index in [-0.39, 0.29) is 23.2 Å². The first-order chi connectivity index (χ1) is 8.63. The molecule has 0 bridgehead atoms. The fourth-order valence-corrected chi connectivity index (χ4v) is 2.09. The Kier molecular flexibility index (Phi) is 3.93. The maximum Gasteiger partial charge on any atom is 0.261 e. The molecular weight excluding hydrogens is 258 g/mol. The first kappa shape index (κ1) is 13.0. The van der Waals surface area contributed by atoms with E-state index in [1.54, 1.807) is 0 Å². The Morgan fingerprint density at radius 2 is 2.11 bits per heavy atom. The van der Waals surface area contributed by atoms with E-state index in [0.717, 1.165) is 0 Å². The van der Waals surface area contributed by atoms with Crippen LogP contribution >= 0.6 is 11.6 Å². The lowest BCUT2D eigenvalue weighted by Crippen LogP contribution is -2.46. The Balaban J connectivity index is 2.20. The normalized spacial score (nSPS) is 19.8. The number of phenolic OH excluding ortho intramolecular Hbond substituents is 2. The Morgan fingerprint density at radius 3 is 2.72 bits per heavy atom. The zero-order valence-electron chi connectivity index (χ0n) is 9.67. The molecule has 0 aromatic heterocycles. The van der Waals surface area contributed by atoms with Crippen LogP contribution in [-0.4, -0.2) is 52.7 Å². The molecular formula is C12H14ClNO4. The van der Waals surface area contributed by atoms with Crippen molar-refractivity contribution in [2.45, 2.75) is 6.10 Å². The fourth-order valence-electron chi connectivity index (χ4n) is 1.90. The predicted octanol–water partition coefficient (Wildman–Crippen LogP) is 1.18. The lowest BCUT2D eigenvalue weighted by Gasteiger charge is -2.32. The van der Waals surface area contributed by atoms with Gasteiger partial charge in [0.2, 0.25) is 0 Å². The maximum atomic E-state index is 12.2. The van der Waals surface area contributed by atoms with Crippen LogP contribution in [0.5, 0.6) is 11.5 Å². The fraction of sp³-hybridized carbons (Fsp3) is 0.417. The van der Waals surface area contributed by atoms with Crippen molar-refractivity contribution in [3.05, 3.63) is 23.8 Å². The van der Waals surface area contributed by atoms with Crippen molar-refractivity contribution < 1.29 is 19.7 Å². The number of phenols is 2. The van der Waals surface area contributed by atoms with Gasteiger partial charge in [0.25, 0.3) is 5.91 Å².